The SMILES string of the molecule is CNC(=O)C1=C(O)c2ccccc2N(Cc2cc(F)ccc2OC)C(=O)C1. The van der Waals surface area contributed by atoms with Gasteiger partial charge in [-0.2, -0.15) is 0 Å². The molecule has 2 amide bonds. The average Bonchev–Trinajstić information content (AvgIpc) is 2.78. The van der Waals surface area contributed by atoms with Crippen molar-refractivity contribution in [2.45, 2.75) is 13.0 Å². The molecule has 3 rings (SSSR count). The first-order valence-electron chi connectivity index (χ1n) is 8.32. The predicted octanol–water partition coefficient (Wildman–Crippen LogP) is 2.79. The highest BCUT2D eigenvalue weighted by molar-refractivity contribution is 6.10. The van der Waals surface area contributed by atoms with E-state index >= 15 is 0 Å². The Hall–Kier alpha value is -3.35. The van der Waals surface area contributed by atoms with Crippen LogP contribution in [0.1, 0.15) is 17.5 Å². The molecule has 6 nitrogen and oxygen atoms in total. The van der Waals surface area contributed by atoms with E-state index in [4.69, 9.17) is 4.74 Å². The first-order valence-corrected chi connectivity index (χ1v) is 8.32. The molecule has 2 aromatic carbocycles. The summed E-state index contributed by atoms with van der Waals surface area (Å²) in [6.45, 7) is 0.0328. The number of likely N-dealkylation sites (N-methyl/N-ethyl adjacent to an activating group) is 1. The van der Waals surface area contributed by atoms with Crippen LogP contribution in [-0.2, 0) is 16.1 Å². The third-order valence-corrected chi connectivity index (χ3v) is 4.44. The monoisotopic (exact) mass is 370 g/mol. The van der Waals surface area contributed by atoms with Gasteiger partial charge >= 0.3 is 0 Å². The third kappa shape index (κ3) is 3.48. The van der Waals surface area contributed by atoms with Crippen molar-refractivity contribution in [3.05, 3.63) is 65.0 Å². The average molecular weight is 370 g/mol. The number of anilines is 1. The van der Waals surface area contributed by atoms with Crippen molar-refractivity contribution in [3.8, 4) is 5.75 Å². The van der Waals surface area contributed by atoms with E-state index < -0.39 is 17.6 Å². The van der Waals surface area contributed by atoms with E-state index in [1.807, 2.05) is 0 Å². The number of carbonyl (C=O) groups is 2. The van der Waals surface area contributed by atoms with Gasteiger partial charge in [-0.3, -0.25) is 9.59 Å². The molecule has 0 spiro atoms. The molecule has 140 valence electrons. The number of nitrogens with one attached hydrogen (secondary N) is 1. The molecule has 0 saturated heterocycles. The molecule has 0 saturated carbocycles. The first kappa shape index (κ1) is 18.4. The zero-order valence-electron chi connectivity index (χ0n) is 15.0. The zero-order chi connectivity index (χ0) is 19.6. The summed E-state index contributed by atoms with van der Waals surface area (Å²) in [4.78, 5) is 26.4. The number of rotatable bonds is 4. The van der Waals surface area contributed by atoms with E-state index in [0.29, 0.717) is 22.6 Å². The summed E-state index contributed by atoms with van der Waals surface area (Å²) in [5.74, 6) is -1.17. The molecule has 7 heteroatoms. The lowest BCUT2D eigenvalue weighted by atomic mass is 10.1. The molecular formula is C20H19FN2O4. The number of aliphatic hydroxyl groups excluding tert-OH is 1. The van der Waals surface area contributed by atoms with Crippen LogP contribution in [0.5, 0.6) is 5.75 Å². The Kier molecular flexibility index (Phi) is 5.12. The molecule has 0 aliphatic carbocycles. The summed E-state index contributed by atoms with van der Waals surface area (Å²) < 4.78 is 19.0. The molecule has 0 aromatic heterocycles. The molecule has 2 N–H and O–H groups in total. The number of hydrogen-bond donors (Lipinski definition) is 2. The van der Waals surface area contributed by atoms with Crippen LogP contribution in [0.25, 0.3) is 5.76 Å². The Morgan fingerprint density at radius 1 is 1.30 bits per heavy atom. The van der Waals surface area contributed by atoms with Gasteiger partial charge < -0.3 is 20.1 Å². The van der Waals surface area contributed by atoms with Crippen LogP contribution in [0.2, 0.25) is 0 Å². The van der Waals surface area contributed by atoms with Gasteiger partial charge in [-0.1, -0.05) is 12.1 Å². The topological polar surface area (TPSA) is 78.9 Å². The van der Waals surface area contributed by atoms with Crippen LogP contribution in [0.15, 0.2) is 48.0 Å². The fraction of sp³-hybridized carbons (Fsp3) is 0.200. The summed E-state index contributed by atoms with van der Waals surface area (Å²) in [6, 6.07) is 10.8. The maximum atomic E-state index is 13.7. The van der Waals surface area contributed by atoms with Crippen LogP contribution >= 0.6 is 0 Å². The standard InChI is InChI=1S/C20H19FN2O4/c1-22-20(26)15-10-18(24)23(16-6-4-3-5-14(16)19(15)25)11-12-9-13(21)7-8-17(12)27-2/h3-9,25H,10-11H2,1-2H3,(H,22,26). The summed E-state index contributed by atoms with van der Waals surface area (Å²) in [5.41, 5.74) is 1.26. The second-order valence-corrected chi connectivity index (χ2v) is 6.04. The van der Waals surface area contributed by atoms with E-state index in [2.05, 4.69) is 5.32 Å². The van der Waals surface area contributed by atoms with Gasteiger partial charge in [-0.15, -0.1) is 0 Å². The Morgan fingerprint density at radius 3 is 2.74 bits per heavy atom. The number of benzene rings is 2. The quantitative estimate of drug-likeness (QED) is 0.868. The van der Waals surface area contributed by atoms with Crippen molar-refractivity contribution in [2.24, 2.45) is 0 Å². The summed E-state index contributed by atoms with van der Waals surface area (Å²) in [7, 11) is 2.89. The molecule has 27 heavy (non-hydrogen) atoms. The minimum Gasteiger partial charge on any atom is -0.507 e. The summed E-state index contributed by atoms with van der Waals surface area (Å²) in [6.07, 6.45) is -0.280. The van der Waals surface area contributed by atoms with Crippen molar-refractivity contribution in [1.82, 2.24) is 5.32 Å². The number of halogens is 1. The number of carbonyl (C=O) groups excluding carboxylic acids is 2. The number of methoxy groups -OCH3 is 1. The Balaban J connectivity index is 2.09. The number of ether oxygens (including phenoxy) is 1. The molecular weight excluding hydrogens is 351 g/mol. The second kappa shape index (κ2) is 7.49. The molecule has 2 aromatic rings. The summed E-state index contributed by atoms with van der Waals surface area (Å²) in [5, 5.41) is 13.0. The summed E-state index contributed by atoms with van der Waals surface area (Å²) >= 11 is 0. The number of aliphatic hydroxyl groups is 1. The van der Waals surface area contributed by atoms with Gasteiger partial charge in [-0.25, -0.2) is 4.39 Å². The lowest BCUT2D eigenvalue weighted by Crippen LogP contribution is -2.32. The van der Waals surface area contributed by atoms with Crippen molar-refractivity contribution in [2.75, 3.05) is 19.1 Å². The van der Waals surface area contributed by atoms with E-state index in [0.717, 1.165) is 0 Å². The van der Waals surface area contributed by atoms with E-state index in [9.17, 15) is 19.1 Å². The smallest absolute Gasteiger partial charge is 0.251 e. The highest BCUT2D eigenvalue weighted by Gasteiger charge is 2.30. The lowest BCUT2D eigenvalue weighted by Gasteiger charge is -2.24. The predicted molar refractivity (Wildman–Crippen MR) is 98.8 cm³/mol. The maximum absolute atomic E-state index is 13.7. The molecule has 0 atom stereocenters. The van der Waals surface area contributed by atoms with Gasteiger partial charge in [0.15, 0.2) is 0 Å². The minimum absolute atomic E-state index is 0.0105. The molecule has 0 radical (unpaired) electrons. The number of nitrogens with zero attached hydrogens (tertiary/aromatic N) is 1. The number of amides is 2. The third-order valence-electron chi connectivity index (χ3n) is 4.44. The maximum Gasteiger partial charge on any atom is 0.251 e. The normalized spacial score (nSPS) is 13.9. The fourth-order valence-electron chi connectivity index (χ4n) is 3.09. The van der Waals surface area contributed by atoms with Gasteiger partial charge in [0.05, 0.1) is 31.3 Å². The van der Waals surface area contributed by atoms with E-state index in [1.165, 1.54) is 37.3 Å². The molecule has 0 bridgehead atoms. The van der Waals surface area contributed by atoms with Crippen molar-refractivity contribution in [3.63, 3.8) is 0 Å². The van der Waals surface area contributed by atoms with Crippen molar-refractivity contribution >= 4 is 23.3 Å². The van der Waals surface area contributed by atoms with E-state index in [1.54, 1.807) is 24.3 Å². The highest BCUT2D eigenvalue weighted by atomic mass is 19.1. The minimum atomic E-state index is -0.527. The van der Waals surface area contributed by atoms with Crippen LogP contribution < -0.4 is 15.0 Å². The first-order chi connectivity index (χ1) is 13.0. The van der Waals surface area contributed by atoms with Gasteiger partial charge in [0.1, 0.15) is 17.3 Å². The van der Waals surface area contributed by atoms with Crippen LogP contribution in [0, 0.1) is 5.82 Å². The molecule has 0 fully saturated rings. The van der Waals surface area contributed by atoms with Gasteiger partial charge in [0, 0.05) is 18.2 Å². The Bertz CT molecular complexity index is 939. The van der Waals surface area contributed by atoms with Gasteiger partial charge in [0.2, 0.25) is 5.91 Å². The van der Waals surface area contributed by atoms with Crippen LogP contribution in [-0.4, -0.2) is 31.1 Å². The van der Waals surface area contributed by atoms with Gasteiger partial charge in [0.25, 0.3) is 5.91 Å². The number of hydrogen-bond acceptors (Lipinski definition) is 4. The molecule has 1 aliphatic heterocycles. The van der Waals surface area contributed by atoms with Crippen molar-refractivity contribution < 1.29 is 23.8 Å². The molecule has 1 heterocycles. The lowest BCUT2D eigenvalue weighted by molar-refractivity contribution is -0.121. The van der Waals surface area contributed by atoms with Crippen LogP contribution in [0.3, 0.4) is 0 Å². The zero-order valence-corrected chi connectivity index (χ0v) is 15.0. The van der Waals surface area contributed by atoms with E-state index in [-0.39, 0.29) is 24.3 Å². The Morgan fingerprint density at radius 2 is 2.04 bits per heavy atom. The Labute approximate surface area is 155 Å². The molecule has 0 unspecified atom stereocenters. The fourth-order valence-corrected chi connectivity index (χ4v) is 3.09. The van der Waals surface area contributed by atoms with Gasteiger partial charge in [-0.05, 0) is 30.3 Å². The number of fused-ring (bicyclic) bond motifs is 1. The van der Waals surface area contributed by atoms with Crippen LogP contribution in [0.4, 0.5) is 10.1 Å². The highest BCUT2D eigenvalue weighted by Crippen LogP contribution is 2.35. The van der Waals surface area contributed by atoms with Crippen molar-refractivity contribution in [1.29, 1.82) is 0 Å². The second-order valence-electron chi connectivity index (χ2n) is 6.04. The largest absolute Gasteiger partial charge is 0.507 e. The number of para-hydroxylation sites is 1. The molecule has 1 aliphatic rings.